The van der Waals surface area contributed by atoms with Crippen molar-refractivity contribution < 1.29 is 9.59 Å². The molecule has 2 amide bonds. The van der Waals surface area contributed by atoms with Crippen LogP contribution in [0.1, 0.15) is 55.1 Å². The van der Waals surface area contributed by atoms with E-state index >= 15 is 0 Å². The average Bonchev–Trinajstić information content (AvgIpc) is 3.14. The van der Waals surface area contributed by atoms with Gasteiger partial charge in [0.25, 0.3) is 11.8 Å². The van der Waals surface area contributed by atoms with Gasteiger partial charge in [0, 0.05) is 24.9 Å². The number of amides is 2. The highest BCUT2D eigenvalue weighted by Crippen LogP contribution is 2.23. The fourth-order valence-corrected chi connectivity index (χ4v) is 4.80. The van der Waals surface area contributed by atoms with Crippen molar-refractivity contribution in [2.45, 2.75) is 51.7 Å². The van der Waals surface area contributed by atoms with E-state index in [9.17, 15) is 9.59 Å². The molecule has 0 saturated heterocycles. The molecule has 2 aromatic rings. The Morgan fingerprint density at radius 2 is 2.12 bits per heavy atom. The molecular weight excluding hydrogens is 400 g/mol. The summed E-state index contributed by atoms with van der Waals surface area (Å²) in [4.78, 5) is 33.0. The SMILES string of the molecule is CCCCCN1C(=O)C(NC(=O)c2cc3c4n2CC=CC=4CCC=3)N=Cc2ccccc21. The summed E-state index contributed by atoms with van der Waals surface area (Å²) in [5.74, 6) is -0.457. The van der Waals surface area contributed by atoms with E-state index in [-0.39, 0.29) is 11.8 Å². The van der Waals surface area contributed by atoms with Gasteiger partial charge in [0.05, 0.1) is 11.0 Å². The number of benzene rings is 1. The highest BCUT2D eigenvalue weighted by Gasteiger charge is 2.30. The van der Waals surface area contributed by atoms with Crippen LogP contribution in [0.25, 0.3) is 11.6 Å². The van der Waals surface area contributed by atoms with Crippen LogP contribution in [0.4, 0.5) is 5.69 Å². The number of carbonyl (C=O) groups excluding carboxylic acids is 2. The number of nitrogens with zero attached hydrogens (tertiary/aromatic N) is 3. The van der Waals surface area contributed by atoms with Gasteiger partial charge in [-0.05, 0) is 42.2 Å². The molecule has 0 bridgehead atoms. The van der Waals surface area contributed by atoms with E-state index < -0.39 is 6.17 Å². The Morgan fingerprint density at radius 3 is 3.00 bits per heavy atom. The van der Waals surface area contributed by atoms with Crippen molar-refractivity contribution in [3.8, 4) is 0 Å². The van der Waals surface area contributed by atoms with Gasteiger partial charge in [0.1, 0.15) is 5.69 Å². The van der Waals surface area contributed by atoms with Gasteiger partial charge in [-0.1, -0.05) is 56.2 Å². The number of allylic oxidation sites excluding steroid dienone is 2. The molecule has 0 radical (unpaired) electrons. The maximum absolute atomic E-state index is 13.5. The van der Waals surface area contributed by atoms with E-state index in [1.807, 2.05) is 34.9 Å². The molecule has 6 heteroatoms. The van der Waals surface area contributed by atoms with Gasteiger partial charge in [-0.2, -0.15) is 0 Å². The molecule has 6 nitrogen and oxygen atoms in total. The lowest BCUT2D eigenvalue weighted by atomic mass is 10.0. The summed E-state index contributed by atoms with van der Waals surface area (Å²) in [7, 11) is 0. The molecule has 1 aromatic heterocycles. The number of benzodiazepines with no additional fused rings is 1. The molecule has 1 aliphatic carbocycles. The quantitative estimate of drug-likeness (QED) is 0.719. The molecule has 5 rings (SSSR count). The standard InChI is InChI=1S/C26H28N4O2/c1-2-3-6-14-30-21-13-5-4-9-20(21)17-27-24(26(30)32)28-25(31)22-16-19-11-7-10-18-12-8-15-29(22)23(18)19/h4-5,8-9,11-13,16-17,24H,2-3,6-7,10,14-15H2,1H3,(H,28,31). The Kier molecular flexibility index (Phi) is 5.52. The molecule has 3 heterocycles. The Morgan fingerprint density at radius 1 is 1.25 bits per heavy atom. The van der Waals surface area contributed by atoms with Crippen molar-refractivity contribution in [1.82, 2.24) is 9.88 Å². The molecule has 0 spiro atoms. The van der Waals surface area contributed by atoms with Gasteiger partial charge >= 0.3 is 0 Å². The maximum Gasteiger partial charge on any atom is 0.272 e. The summed E-state index contributed by atoms with van der Waals surface area (Å²) in [6, 6.07) is 9.70. The average molecular weight is 429 g/mol. The van der Waals surface area contributed by atoms with Crippen molar-refractivity contribution in [1.29, 1.82) is 0 Å². The van der Waals surface area contributed by atoms with Crippen molar-refractivity contribution in [3.05, 3.63) is 64.3 Å². The topological polar surface area (TPSA) is 66.7 Å². The van der Waals surface area contributed by atoms with Crippen LogP contribution in [0.15, 0.2) is 47.5 Å². The summed E-state index contributed by atoms with van der Waals surface area (Å²) < 4.78 is 2.05. The first-order valence-corrected chi connectivity index (χ1v) is 11.5. The van der Waals surface area contributed by atoms with Crippen LogP contribution < -0.4 is 20.8 Å². The summed E-state index contributed by atoms with van der Waals surface area (Å²) in [5, 5.41) is 5.14. The molecule has 1 atom stereocenters. The van der Waals surface area contributed by atoms with Crippen LogP contribution in [-0.4, -0.2) is 35.3 Å². The number of unbranched alkanes of at least 4 members (excludes halogenated alkanes) is 2. The van der Waals surface area contributed by atoms with Crippen LogP contribution in [-0.2, 0) is 11.3 Å². The molecule has 1 N–H and O–H groups in total. The Hall–Kier alpha value is -3.41. The van der Waals surface area contributed by atoms with Gasteiger partial charge in [-0.3, -0.25) is 14.6 Å². The number of aromatic nitrogens is 1. The fourth-order valence-electron chi connectivity index (χ4n) is 4.80. The smallest absolute Gasteiger partial charge is 0.272 e. The summed E-state index contributed by atoms with van der Waals surface area (Å²) in [6.45, 7) is 3.41. The highest BCUT2D eigenvalue weighted by atomic mass is 16.2. The molecule has 1 aromatic carbocycles. The van der Waals surface area contributed by atoms with Gasteiger partial charge in [-0.25, -0.2) is 0 Å². The first-order chi connectivity index (χ1) is 15.7. The molecule has 32 heavy (non-hydrogen) atoms. The number of fused-ring (bicyclic) bond motifs is 1. The highest BCUT2D eigenvalue weighted by molar-refractivity contribution is 6.07. The lowest BCUT2D eigenvalue weighted by Crippen LogP contribution is -2.48. The van der Waals surface area contributed by atoms with Crippen molar-refractivity contribution >= 4 is 35.4 Å². The van der Waals surface area contributed by atoms with E-state index in [1.165, 1.54) is 5.57 Å². The molecule has 164 valence electrons. The van der Waals surface area contributed by atoms with Crippen LogP contribution >= 0.6 is 0 Å². The van der Waals surface area contributed by atoms with E-state index in [2.05, 4.69) is 35.5 Å². The third-order valence-corrected chi connectivity index (χ3v) is 6.39. The van der Waals surface area contributed by atoms with Crippen LogP contribution in [0, 0.1) is 0 Å². The first-order valence-electron chi connectivity index (χ1n) is 11.5. The number of rotatable bonds is 6. The Balaban J connectivity index is 1.44. The predicted molar refractivity (Wildman–Crippen MR) is 127 cm³/mol. The maximum atomic E-state index is 13.5. The van der Waals surface area contributed by atoms with Crippen molar-refractivity contribution in [3.63, 3.8) is 0 Å². The number of carbonyl (C=O) groups is 2. The van der Waals surface area contributed by atoms with E-state index in [0.717, 1.165) is 53.9 Å². The van der Waals surface area contributed by atoms with E-state index in [1.54, 1.807) is 11.1 Å². The zero-order valence-corrected chi connectivity index (χ0v) is 18.4. The number of nitrogens with one attached hydrogen (secondary N) is 1. The molecule has 2 aliphatic heterocycles. The second kappa shape index (κ2) is 8.61. The van der Waals surface area contributed by atoms with Crippen LogP contribution in [0.2, 0.25) is 0 Å². The second-order valence-corrected chi connectivity index (χ2v) is 8.52. The minimum atomic E-state index is -0.942. The largest absolute Gasteiger partial charge is 0.332 e. The minimum absolute atomic E-state index is 0.190. The normalized spacial score (nSPS) is 18.7. The first kappa shape index (κ1) is 20.5. The number of para-hydroxylation sites is 1. The number of aliphatic imine (C=N–C) groups is 1. The second-order valence-electron chi connectivity index (χ2n) is 8.52. The van der Waals surface area contributed by atoms with Gasteiger partial charge in [0.2, 0.25) is 6.17 Å². The summed E-state index contributed by atoms with van der Waals surface area (Å²) in [5.41, 5.74) is 3.59. The zero-order valence-electron chi connectivity index (χ0n) is 18.4. The molecule has 0 saturated carbocycles. The minimum Gasteiger partial charge on any atom is -0.332 e. The Bertz CT molecular complexity index is 1250. The van der Waals surface area contributed by atoms with Crippen molar-refractivity contribution in [2.75, 3.05) is 11.4 Å². The third-order valence-electron chi connectivity index (χ3n) is 6.39. The van der Waals surface area contributed by atoms with Gasteiger partial charge in [-0.15, -0.1) is 0 Å². The third kappa shape index (κ3) is 3.60. The lowest BCUT2D eigenvalue weighted by molar-refractivity contribution is -0.120. The van der Waals surface area contributed by atoms with E-state index in [4.69, 9.17) is 0 Å². The van der Waals surface area contributed by atoms with Crippen LogP contribution in [0.3, 0.4) is 0 Å². The van der Waals surface area contributed by atoms with Gasteiger partial charge < -0.3 is 14.8 Å². The number of hydrogen-bond donors (Lipinski definition) is 1. The number of hydrogen-bond acceptors (Lipinski definition) is 3. The number of anilines is 1. The Labute approximate surface area is 187 Å². The van der Waals surface area contributed by atoms with Crippen molar-refractivity contribution in [2.24, 2.45) is 4.99 Å². The summed E-state index contributed by atoms with van der Waals surface area (Å²) in [6.07, 6.45) is 12.2. The zero-order chi connectivity index (χ0) is 22.1. The monoisotopic (exact) mass is 428 g/mol. The molecular formula is C26H28N4O2. The van der Waals surface area contributed by atoms with E-state index in [0.29, 0.717) is 18.8 Å². The molecule has 0 fully saturated rings. The molecule has 3 aliphatic rings. The lowest BCUT2D eigenvalue weighted by Gasteiger charge is -2.25. The van der Waals surface area contributed by atoms with Gasteiger partial charge in [0.15, 0.2) is 0 Å². The predicted octanol–water partition coefficient (Wildman–Crippen LogP) is 2.49. The van der Waals surface area contributed by atoms with Crippen LogP contribution in [0.5, 0.6) is 0 Å². The fraction of sp³-hybridized carbons (Fsp3) is 0.346. The molecule has 1 unspecified atom stereocenters. The summed E-state index contributed by atoms with van der Waals surface area (Å²) >= 11 is 0.